The van der Waals surface area contributed by atoms with Crippen molar-refractivity contribution in [1.29, 1.82) is 0 Å². The number of ether oxygens (including phenoxy) is 1. The van der Waals surface area contributed by atoms with Crippen LogP contribution in [-0.2, 0) is 16.1 Å². The van der Waals surface area contributed by atoms with Crippen LogP contribution in [0.15, 0.2) is 42.5 Å². The van der Waals surface area contributed by atoms with E-state index < -0.39 is 48.8 Å². The highest BCUT2D eigenvalue weighted by Gasteiger charge is 2.31. The Morgan fingerprint density at radius 2 is 1.94 bits per heavy atom. The number of fused-ring (bicyclic) bond motifs is 1. The van der Waals surface area contributed by atoms with Crippen LogP contribution < -0.4 is 26.4 Å². The summed E-state index contributed by atoms with van der Waals surface area (Å²) < 4.78 is 62.0. The number of halogens is 4. The van der Waals surface area contributed by atoms with Gasteiger partial charge in [-0.1, -0.05) is 12.0 Å². The highest BCUT2D eigenvalue weighted by atomic mass is 19.4. The summed E-state index contributed by atoms with van der Waals surface area (Å²) in [6.45, 7) is -0.318. The number of primary amides is 1. The molecule has 252 valence electrons. The molecule has 4 rings (SSSR count). The van der Waals surface area contributed by atoms with E-state index in [1.807, 2.05) is 11.9 Å². The molecular weight excluding hydrogens is 624 g/mol. The topological polar surface area (TPSA) is 151 Å². The zero-order valence-electron chi connectivity index (χ0n) is 25.8. The molecule has 11 nitrogen and oxygen atoms in total. The highest BCUT2D eigenvalue weighted by molar-refractivity contribution is 5.97. The van der Waals surface area contributed by atoms with Crippen molar-refractivity contribution >= 4 is 40.1 Å². The van der Waals surface area contributed by atoms with E-state index in [-0.39, 0.29) is 42.9 Å². The van der Waals surface area contributed by atoms with E-state index in [1.54, 1.807) is 24.3 Å². The number of carbonyl (C=O) groups excluding carboxylic acids is 2. The van der Waals surface area contributed by atoms with Crippen LogP contribution in [0, 0.1) is 11.8 Å². The van der Waals surface area contributed by atoms with Gasteiger partial charge in [-0.2, -0.15) is 13.2 Å². The molecule has 2 aromatic carbocycles. The minimum atomic E-state index is -4.52. The lowest BCUT2D eigenvalue weighted by Crippen LogP contribution is -2.46. The zero-order chi connectivity index (χ0) is 34.3. The van der Waals surface area contributed by atoms with Gasteiger partial charge in [0.25, 0.3) is 5.91 Å². The quantitative estimate of drug-likeness (QED) is 0.146. The minimum absolute atomic E-state index is 0.00607. The number of hydrogen-bond donors (Lipinski definition) is 5. The van der Waals surface area contributed by atoms with Crippen LogP contribution in [0.25, 0.3) is 10.9 Å². The van der Waals surface area contributed by atoms with Gasteiger partial charge < -0.3 is 41.0 Å². The number of carboxylic acids is 1. The van der Waals surface area contributed by atoms with Crippen molar-refractivity contribution in [2.24, 2.45) is 5.73 Å². The summed E-state index contributed by atoms with van der Waals surface area (Å²) in [7, 11) is 3.19. The summed E-state index contributed by atoms with van der Waals surface area (Å²) in [6, 6.07) is 8.95. The number of hydrogen-bond acceptors (Lipinski definition) is 7. The fraction of sp³-hybridized carbons (Fsp3) is 0.406. The van der Waals surface area contributed by atoms with Crippen LogP contribution in [0.4, 0.5) is 28.9 Å². The van der Waals surface area contributed by atoms with Crippen LogP contribution in [-0.4, -0.2) is 90.6 Å². The number of methoxy groups -OCH3 is 1. The monoisotopic (exact) mass is 660 g/mol. The molecule has 1 aliphatic rings. The van der Waals surface area contributed by atoms with Gasteiger partial charge in [0.1, 0.15) is 24.5 Å². The first-order valence-electron chi connectivity index (χ1n) is 14.8. The van der Waals surface area contributed by atoms with Crippen LogP contribution in [0.5, 0.6) is 5.75 Å². The van der Waals surface area contributed by atoms with Gasteiger partial charge in [-0.05, 0) is 62.2 Å². The smallest absolute Gasteiger partial charge is 0.406 e. The van der Waals surface area contributed by atoms with Crippen molar-refractivity contribution in [1.82, 2.24) is 14.8 Å². The second-order valence-corrected chi connectivity index (χ2v) is 11.2. The second-order valence-electron chi connectivity index (χ2n) is 11.2. The number of aromatic nitrogens is 1. The largest absolute Gasteiger partial charge is 0.495 e. The molecule has 0 saturated carbocycles. The second kappa shape index (κ2) is 15.1. The molecule has 1 aromatic heterocycles. The van der Waals surface area contributed by atoms with Crippen LogP contribution >= 0.6 is 0 Å². The molecule has 1 aliphatic heterocycles. The third-order valence-corrected chi connectivity index (χ3v) is 7.70. The Balaban J connectivity index is 1.51. The molecule has 2 heterocycles. The number of carbonyl (C=O) groups is 3. The lowest BCUT2D eigenvalue weighted by molar-refractivity contribution is -0.140. The third-order valence-electron chi connectivity index (χ3n) is 7.70. The third kappa shape index (κ3) is 9.29. The van der Waals surface area contributed by atoms with Crippen molar-refractivity contribution in [3.8, 4) is 17.6 Å². The number of nitrogens with two attached hydrogens (primary N) is 1. The summed E-state index contributed by atoms with van der Waals surface area (Å²) in [5, 5.41) is 18.4. The number of piperidine rings is 1. The van der Waals surface area contributed by atoms with E-state index in [2.05, 4.69) is 27.8 Å². The summed E-state index contributed by atoms with van der Waals surface area (Å²) in [5.74, 6) is 3.13. The maximum atomic E-state index is 14.7. The minimum Gasteiger partial charge on any atom is -0.495 e. The lowest BCUT2D eigenvalue weighted by Gasteiger charge is -2.33. The van der Waals surface area contributed by atoms with Gasteiger partial charge in [-0.3, -0.25) is 9.59 Å². The Morgan fingerprint density at radius 3 is 2.60 bits per heavy atom. The maximum Gasteiger partial charge on any atom is 0.406 e. The van der Waals surface area contributed by atoms with Gasteiger partial charge in [-0.15, -0.1) is 0 Å². The molecule has 0 bridgehead atoms. The number of alkyl halides is 4. The molecule has 0 unspecified atom stereocenters. The van der Waals surface area contributed by atoms with Crippen LogP contribution in [0.3, 0.4) is 0 Å². The van der Waals surface area contributed by atoms with E-state index in [1.165, 1.54) is 25.3 Å². The van der Waals surface area contributed by atoms with E-state index in [0.29, 0.717) is 35.2 Å². The number of likely N-dealkylation sites (tertiary alicyclic amines) is 1. The summed E-state index contributed by atoms with van der Waals surface area (Å²) in [4.78, 5) is 37.1. The molecule has 1 saturated heterocycles. The first-order valence-corrected chi connectivity index (χ1v) is 14.8. The Labute approximate surface area is 268 Å². The fourth-order valence-corrected chi connectivity index (χ4v) is 5.32. The van der Waals surface area contributed by atoms with Crippen molar-refractivity contribution < 1.29 is 41.8 Å². The van der Waals surface area contributed by atoms with E-state index in [9.17, 15) is 37.1 Å². The van der Waals surface area contributed by atoms with Gasteiger partial charge in [0.15, 0.2) is 0 Å². The molecule has 3 atom stereocenters. The van der Waals surface area contributed by atoms with Crippen LogP contribution in [0.2, 0.25) is 0 Å². The zero-order valence-corrected chi connectivity index (χ0v) is 25.8. The van der Waals surface area contributed by atoms with E-state index in [0.717, 1.165) is 4.57 Å². The normalized spacial score (nSPS) is 17.3. The maximum absolute atomic E-state index is 14.7. The number of anilines is 2. The number of aliphatic carboxylic acids is 1. The standard InChI is InChI=1S/C32H36F4N6O5/c1-41-14-12-24(22(33)17-41)39-23-6-3-7-27-21(23)16-20(42(27)18-32(34,35)36)5-4-13-38-25-9-8-19(15-28(25)47-2)30(44)40-26(31(45)46)10-11-29(37)43/h3,6-9,15-16,22,24,26,38-39H,10-14,17-18H2,1-2H3,(H2,37,43)(H,40,44)(H,45,46)/t22-,24+,26-/m0/s1. The predicted molar refractivity (Wildman–Crippen MR) is 168 cm³/mol. The Bertz CT molecular complexity index is 1680. The van der Waals surface area contributed by atoms with Gasteiger partial charge in [0.2, 0.25) is 5.91 Å². The van der Waals surface area contributed by atoms with Gasteiger partial charge in [0.05, 0.1) is 36.6 Å². The Morgan fingerprint density at radius 1 is 1.17 bits per heavy atom. The Hall–Kier alpha value is -4.97. The molecule has 0 aliphatic carbocycles. The van der Waals surface area contributed by atoms with Gasteiger partial charge >= 0.3 is 12.1 Å². The first kappa shape index (κ1) is 34.9. The summed E-state index contributed by atoms with van der Waals surface area (Å²) in [5.41, 5.74) is 6.54. The van der Waals surface area contributed by atoms with Crippen molar-refractivity contribution in [3.05, 3.63) is 53.7 Å². The highest BCUT2D eigenvalue weighted by Crippen LogP contribution is 2.32. The molecule has 0 spiro atoms. The number of rotatable bonds is 12. The van der Waals surface area contributed by atoms with Crippen molar-refractivity contribution in [3.63, 3.8) is 0 Å². The fourth-order valence-electron chi connectivity index (χ4n) is 5.32. The van der Waals surface area contributed by atoms with Gasteiger partial charge in [-0.25, -0.2) is 9.18 Å². The van der Waals surface area contributed by atoms with E-state index in [4.69, 9.17) is 10.5 Å². The number of carboxylic acid groups (broad SMARTS) is 1. The number of nitrogens with one attached hydrogen (secondary N) is 3. The number of nitrogens with zero attached hydrogens (tertiary/aromatic N) is 2. The lowest BCUT2D eigenvalue weighted by atomic mass is 10.0. The molecule has 1 fully saturated rings. The Kier molecular flexibility index (Phi) is 11.2. The molecule has 0 radical (unpaired) electrons. The van der Waals surface area contributed by atoms with Crippen LogP contribution in [0.1, 0.15) is 35.3 Å². The predicted octanol–water partition coefficient (Wildman–Crippen LogP) is 3.58. The molecule has 15 heteroatoms. The van der Waals surface area contributed by atoms with Gasteiger partial charge in [0, 0.05) is 36.1 Å². The molecule has 3 aromatic rings. The van der Waals surface area contributed by atoms with Crippen molar-refractivity contribution in [2.45, 2.75) is 50.2 Å². The molecular formula is C32H36F4N6O5. The summed E-state index contributed by atoms with van der Waals surface area (Å²) >= 11 is 0. The van der Waals surface area contributed by atoms with E-state index >= 15 is 0 Å². The molecule has 47 heavy (non-hydrogen) atoms. The average Bonchev–Trinajstić information content (AvgIpc) is 3.34. The first-order chi connectivity index (χ1) is 22.3. The SMILES string of the molecule is COc1cc(C(=O)N[C@@H](CCC(N)=O)C(=O)O)ccc1NCC#Cc1cc2c(N[C@@H]3CCN(C)C[C@@H]3F)cccc2n1CC(F)(F)F. The molecule has 6 N–H and O–H groups in total. The number of benzene rings is 2. The average molecular weight is 661 g/mol. The van der Waals surface area contributed by atoms with Crippen molar-refractivity contribution in [2.75, 3.05) is 44.4 Å². The number of amides is 2. The molecule has 2 amide bonds. The summed E-state index contributed by atoms with van der Waals surface area (Å²) in [6.07, 6.45) is -5.51.